The van der Waals surface area contributed by atoms with E-state index in [2.05, 4.69) is 26.0 Å². The van der Waals surface area contributed by atoms with Crippen molar-refractivity contribution in [3.63, 3.8) is 0 Å². The van der Waals surface area contributed by atoms with Crippen molar-refractivity contribution >= 4 is 11.3 Å². The summed E-state index contributed by atoms with van der Waals surface area (Å²) < 4.78 is 0. The zero-order chi connectivity index (χ0) is 12.3. The molecule has 0 spiro atoms. The van der Waals surface area contributed by atoms with Gasteiger partial charge in [0.1, 0.15) is 0 Å². The summed E-state index contributed by atoms with van der Waals surface area (Å²) in [6, 6.07) is 4.79. The van der Waals surface area contributed by atoms with Crippen molar-refractivity contribution in [3.8, 4) is 0 Å². The second kappa shape index (κ2) is 6.01. The zero-order valence-corrected chi connectivity index (χ0v) is 11.9. The lowest BCUT2D eigenvalue weighted by Gasteiger charge is -2.32. The van der Waals surface area contributed by atoms with Crippen LogP contribution >= 0.6 is 11.3 Å². The van der Waals surface area contributed by atoms with E-state index in [1.165, 1.54) is 41.9 Å². The molecule has 2 rings (SSSR count). The van der Waals surface area contributed by atoms with Gasteiger partial charge in [-0.05, 0) is 43.2 Å². The van der Waals surface area contributed by atoms with Crippen molar-refractivity contribution in [3.05, 3.63) is 21.9 Å². The van der Waals surface area contributed by atoms with E-state index in [1.54, 1.807) is 0 Å². The summed E-state index contributed by atoms with van der Waals surface area (Å²) in [7, 11) is 0. The molecule has 1 aliphatic carbocycles. The fourth-order valence-electron chi connectivity index (χ4n) is 3.03. The van der Waals surface area contributed by atoms with Gasteiger partial charge in [-0.1, -0.05) is 33.1 Å². The van der Waals surface area contributed by atoms with E-state index in [0.717, 1.165) is 18.3 Å². The molecule has 1 aliphatic rings. The third-order valence-electron chi connectivity index (χ3n) is 4.27. The monoisotopic (exact) mass is 251 g/mol. The Kier molecular flexibility index (Phi) is 4.63. The Labute approximate surface area is 109 Å². The molecule has 2 heteroatoms. The normalized spacial score (nSPS) is 27.0. The summed E-state index contributed by atoms with van der Waals surface area (Å²) in [5.74, 6) is 1.64. The Morgan fingerprint density at radius 1 is 1.35 bits per heavy atom. The van der Waals surface area contributed by atoms with Crippen molar-refractivity contribution in [1.29, 1.82) is 0 Å². The molecule has 0 aliphatic heterocycles. The van der Waals surface area contributed by atoms with Crippen molar-refractivity contribution < 1.29 is 0 Å². The van der Waals surface area contributed by atoms with Gasteiger partial charge in [-0.3, -0.25) is 0 Å². The molecule has 17 heavy (non-hydrogen) atoms. The third kappa shape index (κ3) is 3.11. The van der Waals surface area contributed by atoms with Crippen LogP contribution in [0.25, 0.3) is 0 Å². The number of rotatable bonds is 4. The molecule has 96 valence electrons. The van der Waals surface area contributed by atoms with Crippen molar-refractivity contribution in [2.24, 2.45) is 17.6 Å². The smallest absolute Gasteiger partial charge is 0.0418 e. The molecule has 1 heterocycles. The van der Waals surface area contributed by atoms with E-state index in [4.69, 9.17) is 5.73 Å². The number of thiophene rings is 1. The minimum absolute atomic E-state index is 0.287. The maximum atomic E-state index is 6.47. The maximum absolute atomic E-state index is 6.47. The topological polar surface area (TPSA) is 26.0 Å². The minimum atomic E-state index is 0.287. The van der Waals surface area contributed by atoms with Gasteiger partial charge >= 0.3 is 0 Å². The van der Waals surface area contributed by atoms with Crippen molar-refractivity contribution in [1.82, 2.24) is 0 Å². The highest BCUT2D eigenvalue weighted by atomic mass is 32.1. The van der Waals surface area contributed by atoms with Crippen LogP contribution < -0.4 is 5.73 Å². The van der Waals surface area contributed by atoms with E-state index in [0.29, 0.717) is 0 Å². The highest BCUT2D eigenvalue weighted by Crippen LogP contribution is 2.39. The Morgan fingerprint density at radius 3 is 2.82 bits per heavy atom. The zero-order valence-electron chi connectivity index (χ0n) is 11.1. The van der Waals surface area contributed by atoms with Gasteiger partial charge in [-0.2, -0.15) is 0 Å². The van der Waals surface area contributed by atoms with Gasteiger partial charge in [-0.25, -0.2) is 0 Å². The lowest BCUT2D eigenvalue weighted by Crippen LogP contribution is -2.26. The van der Waals surface area contributed by atoms with Gasteiger partial charge < -0.3 is 5.73 Å². The SMILES string of the molecule is CCc1ccc(C(N)C2CCCC(CC)C2)s1. The minimum Gasteiger partial charge on any atom is -0.323 e. The van der Waals surface area contributed by atoms with Crippen LogP contribution in [0.5, 0.6) is 0 Å². The van der Waals surface area contributed by atoms with Crippen LogP contribution in [0.2, 0.25) is 0 Å². The third-order valence-corrected chi connectivity index (χ3v) is 5.60. The average molecular weight is 251 g/mol. The molecule has 0 amide bonds. The maximum Gasteiger partial charge on any atom is 0.0418 e. The van der Waals surface area contributed by atoms with E-state index < -0.39 is 0 Å². The molecule has 1 aromatic heterocycles. The molecule has 0 saturated heterocycles. The lowest BCUT2D eigenvalue weighted by atomic mass is 9.77. The summed E-state index contributed by atoms with van der Waals surface area (Å²) in [6.07, 6.45) is 7.94. The number of aryl methyl sites for hydroxylation is 1. The Morgan fingerprint density at radius 2 is 2.18 bits per heavy atom. The Balaban J connectivity index is 2.00. The highest BCUT2D eigenvalue weighted by Gasteiger charge is 2.27. The second-order valence-electron chi connectivity index (χ2n) is 5.38. The Bertz CT molecular complexity index is 344. The van der Waals surface area contributed by atoms with Gasteiger partial charge in [0.25, 0.3) is 0 Å². The van der Waals surface area contributed by atoms with Crippen LogP contribution in [0.1, 0.15) is 61.7 Å². The molecule has 1 aromatic rings. The molecule has 3 atom stereocenters. The van der Waals surface area contributed by atoms with Crippen LogP contribution in [-0.4, -0.2) is 0 Å². The highest BCUT2D eigenvalue weighted by molar-refractivity contribution is 7.12. The summed E-state index contributed by atoms with van der Waals surface area (Å²) in [5.41, 5.74) is 6.47. The van der Waals surface area contributed by atoms with Crippen LogP contribution in [0.4, 0.5) is 0 Å². The van der Waals surface area contributed by atoms with Gasteiger partial charge in [0, 0.05) is 15.8 Å². The Hall–Kier alpha value is -0.340. The van der Waals surface area contributed by atoms with Crippen LogP contribution in [0, 0.1) is 11.8 Å². The molecule has 1 saturated carbocycles. The molecular formula is C15H25NS. The molecule has 1 nitrogen and oxygen atoms in total. The first-order valence-corrected chi connectivity index (χ1v) is 7.90. The molecular weight excluding hydrogens is 226 g/mol. The number of hydrogen-bond donors (Lipinski definition) is 1. The molecule has 3 unspecified atom stereocenters. The molecule has 0 aromatic carbocycles. The van der Waals surface area contributed by atoms with E-state index >= 15 is 0 Å². The quantitative estimate of drug-likeness (QED) is 0.836. The van der Waals surface area contributed by atoms with E-state index in [-0.39, 0.29) is 6.04 Å². The molecule has 2 N–H and O–H groups in total. The molecule has 0 radical (unpaired) electrons. The van der Waals surface area contributed by atoms with Gasteiger partial charge in [0.2, 0.25) is 0 Å². The first kappa shape index (κ1) is 13.1. The summed E-state index contributed by atoms with van der Waals surface area (Å²) >= 11 is 1.92. The number of hydrogen-bond acceptors (Lipinski definition) is 2. The summed E-state index contributed by atoms with van der Waals surface area (Å²) in [6.45, 7) is 4.54. The van der Waals surface area contributed by atoms with Crippen molar-refractivity contribution in [2.75, 3.05) is 0 Å². The first-order valence-electron chi connectivity index (χ1n) is 7.08. The van der Waals surface area contributed by atoms with Crippen LogP contribution in [-0.2, 0) is 6.42 Å². The molecule has 1 fully saturated rings. The second-order valence-corrected chi connectivity index (χ2v) is 6.58. The summed E-state index contributed by atoms with van der Waals surface area (Å²) in [4.78, 5) is 2.88. The predicted molar refractivity (Wildman–Crippen MR) is 76.4 cm³/mol. The fraction of sp³-hybridized carbons (Fsp3) is 0.733. The van der Waals surface area contributed by atoms with E-state index in [1.807, 2.05) is 11.3 Å². The fourth-order valence-corrected chi connectivity index (χ4v) is 4.07. The van der Waals surface area contributed by atoms with Crippen LogP contribution in [0.15, 0.2) is 12.1 Å². The van der Waals surface area contributed by atoms with Crippen molar-refractivity contribution in [2.45, 2.75) is 58.4 Å². The lowest BCUT2D eigenvalue weighted by molar-refractivity contribution is 0.232. The van der Waals surface area contributed by atoms with Gasteiger partial charge in [0.05, 0.1) is 0 Å². The molecule has 0 bridgehead atoms. The van der Waals surface area contributed by atoms with E-state index in [9.17, 15) is 0 Å². The van der Waals surface area contributed by atoms with Crippen LogP contribution in [0.3, 0.4) is 0 Å². The largest absolute Gasteiger partial charge is 0.323 e. The first-order chi connectivity index (χ1) is 8.24. The predicted octanol–water partition coefficient (Wildman–Crippen LogP) is 4.53. The summed E-state index contributed by atoms with van der Waals surface area (Å²) in [5, 5.41) is 0. The van der Waals surface area contributed by atoms with Gasteiger partial charge in [0.15, 0.2) is 0 Å². The number of nitrogens with two attached hydrogens (primary N) is 1. The standard InChI is InChI=1S/C15H25NS/c1-3-11-6-5-7-12(10-11)15(16)14-9-8-13(4-2)17-14/h8-9,11-12,15H,3-7,10,16H2,1-2H3. The average Bonchev–Trinajstić information content (AvgIpc) is 2.86. The van der Waals surface area contributed by atoms with Gasteiger partial charge in [-0.15, -0.1) is 11.3 Å².